The fourth-order valence-corrected chi connectivity index (χ4v) is 3.62. The Balaban J connectivity index is 1.81. The lowest BCUT2D eigenvalue weighted by Gasteiger charge is -2.29. The number of nitrogens with one attached hydrogen (secondary N) is 1. The number of nitrogens with zero attached hydrogens (tertiary/aromatic N) is 2. The van der Waals surface area contributed by atoms with Gasteiger partial charge in [-0.1, -0.05) is 37.3 Å². The van der Waals surface area contributed by atoms with Crippen LogP contribution in [-0.2, 0) is 31.1 Å². The molecule has 0 fully saturated rings. The van der Waals surface area contributed by atoms with Crippen molar-refractivity contribution in [3.8, 4) is 0 Å². The molecule has 0 saturated heterocycles. The lowest BCUT2D eigenvalue weighted by molar-refractivity contribution is -0.152. The third-order valence-electron chi connectivity index (χ3n) is 5.58. The van der Waals surface area contributed by atoms with Crippen molar-refractivity contribution >= 4 is 23.4 Å². The molecule has 184 valence electrons. The van der Waals surface area contributed by atoms with Crippen molar-refractivity contribution < 1.29 is 27.8 Å². The van der Waals surface area contributed by atoms with Gasteiger partial charge in [0.1, 0.15) is 29.5 Å². The van der Waals surface area contributed by atoms with Gasteiger partial charge in [0.25, 0.3) is 0 Å². The van der Waals surface area contributed by atoms with Crippen LogP contribution in [0.2, 0.25) is 0 Å². The van der Waals surface area contributed by atoms with E-state index in [1.165, 1.54) is 12.4 Å². The predicted molar refractivity (Wildman–Crippen MR) is 126 cm³/mol. The minimum Gasteiger partial charge on any atom is -0.465 e. The smallest absolute Gasteiger partial charge is 0.318 e. The van der Waals surface area contributed by atoms with Crippen molar-refractivity contribution in [3.63, 3.8) is 0 Å². The minimum absolute atomic E-state index is 0.0582. The predicted octanol–water partition coefficient (Wildman–Crippen LogP) is 5.23. The number of carbonyl (C=O) groups is 2. The number of benzene rings is 2. The number of hydrogen-bond donors (Lipinski definition) is 1. The number of aromatic nitrogens is 2. The van der Waals surface area contributed by atoms with E-state index in [-0.39, 0.29) is 49.7 Å². The van der Waals surface area contributed by atoms with Gasteiger partial charge in [0, 0.05) is 18.7 Å². The van der Waals surface area contributed by atoms with Crippen LogP contribution in [-0.4, -0.2) is 28.5 Å². The van der Waals surface area contributed by atoms with E-state index in [2.05, 4.69) is 15.3 Å². The molecule has 3 rings (SSSR count). The first kappa shape index (κ1) is 25.7. The number of rotatable bonds is 11. The standard InChI is InChI=1S/C26H27F2N3O4/c1-3-26(25(33)34-4-2,13-12-24(32)35-17-18-8-6-5-7-9-18)22-15-29-16-23(31-22)30-21-14-19(27)10-11-20(21)28/h5-11,14-16H,3-4,12-13,17H2,1-2H3,(H,30,31). The zero-order valence-corrected chi connectivity index (χ0v) is 19.6. The molecule has 7 nitrogen and oxygen atoms in total. The van der Waals surface area contributed by atoms with Crippen LogP contribution in [0.1, 0.15) is 44.4 Å². The highest BCUT2D eigenvalue weighted by atomic mass is 19.1. The van der Waals surface area contributed by atoms with Crippen LogP contribution in [0.15, 0.2) is 60.9 Å². The molecule has 2 aromatic carbocycles. The molecule has 0 radical (unpaired) electrons. The van der Waals surface area contributed by atoms with E-state index in [1.807, 2.05) is 30.3 Å². The van der Waals surface area contributed by atoms with E-state index in [4.69, 9.17) is 9.47 Å². The molecular formula is C26H27F2N3O4. The molecule has 1 atom stereocenters. The molecule has 1 N–H and O–H groups in total. The molecule has 3 aromatic rings. The maximum Gasteiger partial charge on any atom is 0.318 e. The van der Waals surface area contributed by atoms with Crippen LogP contribution in [0.4, 0.5) is 20.3 Å². The molecule has 1 heterocycles. The Hall–Kier alpha value is -3.88. The van der Waals surface area contributed by atoms with Gasteiger partial charge >= 0.3 is 11.9 Å². The zero-order valence-electron chi connectivity index (χ0n) is 19.6. The molecule has 1 unspecified atom stereocenters. The van der Waals surface area contributed by atoms with Crippen LogP contribution in [0.25, 0.3) is 0 Å². The largest absolute Gasteiger partial charge is 0.465 e. The Morgan fingerprint density at radius 1 is 1.03 bits per heavy atom. The maximum absolute atomic E-state index is 14.1. The fraction of sp³-hybridized carbons (Fsp3) is 0.308. The number of halogens is 2. The SMILES string of the molecule is CCOC(=O)C(CC)(CCC(=O)OCc1ccccc1)c1cncc(Nc2cc(F)ccc2F)n1. The van der Waals surface area contributed by atoms with E-state index in [0.717, 1.165) is 23.8 Å². The van der Waals surface area contributed by atoms with E-state index in [9.17, 15) is 18.4 Å². The molecule has 35 heavy (non-hydrogen) atoms. The third kappa shape index (κ3) is 6.59. The first-order chi connectivity index (χ1) is 16.9. The first-order valence-corrected chi connectivity index (χ1v) is 11.3. The quantitative estimate of drug-likeness (QED) is 0.373. The molecule has 0 amide bonds. The van der Waals surface area contributed by atoms with Gasteiger partial charge in [-0.05, 0) is 37.5 Å². The van der Waals surface area contributed by atoms with Crippen LogP contribution < -0.4 is 5.32 Å². The molecule has 9 heteroatoms. The van der Waals surface area contributed by atoms with E-state index < -0.39 is 29.0 Å². The molecule has 0 aliphatic rings. The number of carbonyl (C=O) groups excluding carboxylic acids is 2. The van der Waals surface area contributed by atoms with E-state index in [0.29, 0.717) is 0 Å². The summed E-state index contributed by atoms with van der Waals surface area (Å²) in [5, 5.41) is 2.69. The van der Waals surface area contributed by atoms with Gasteiger partial charge in [0.15, 0.2) is 0 Å². The highest BCUT2D eigenvalue weighted by Crippen LogP contribution is 2.34. The Labute approximate surface area is 202 Å². The summed E-state index contributed by atoms with van der Waals surface area (Å²) < 4.78 is 38.3. The van der Waals surface area contributed by atoms with Crippen molar-refractivity contribution in [3.05, 3.63) is 83.8 Å². The molecule has 0 aliphatic carbocycles. The highest BCUT2D eigenvalue weighted by molar-refractivity contribution is 5.83. The summed E-state index contributed by atoms with van der Waals surface area (Å²) in [6, 6.07) is 12.2. The zero-order chi connectivity index (χ0) is 25.3. The van der Waals surface area contributed by atoms with Crippen LogP contribution >= 0.6 is 0 Å². The van der Waals surface area contributed by atoms with Gasteiger partial charge in [-0.3, -0.25) is 14.6 Å². The number of anilines is 2. The molecule has 0 aliphatic heterocycles. The van der Waals surface area contributed by atoms with Gasteiger partial charge in [-0.2, -0.15) is 0 Å². The highest BCUT2D eigenvalue weighted by Gasteiger charge is 2.42. The Bertz CT molecular complexity index is 1160. The lowest BCUT2D eigenvalue weighted by Crippen LogP contribution is -2.39. The Morgan fingerprint density at radius 2 is 1.80 bits per heavy atom. The van der Waals surface area contributed by atoms with Crippen molar-refractivity contribution in [2.24, 2.45) is 0 Å². The minimum atomic E-state index is -1.28. The average molecular weight is 484 g/mol. The normalized spacial score (nSPS) is 12.5. The first-order valence-electron chi connectivity index (χ1n) is 11.3. The summed E-state index contributed by atoms with van der Waals surface area (Å²) in [6.07, 6.45) is 3.01. The topological polar surface area (TPSA) is 90.4 Å². The van der Waals surface area contributed by atoms with Crippen LogP contribution in [0.5, 0.6) is 0 Å². The summed E-state index contributed by atoms with van der Waals surface area (Å²) in [4.78, 5) is 34.1. The molecule has 0 spiro atoms. The van der Waals surface area contributed by atoms with E-state index in [1.54, 1.807) is 13.8 Å². The summed E-state index contributed by atoms with van der Waals surface area (Å²) in [5.74, 6) is -2.21. The second kappa shape index (κ2) is 12.0. The number of esters is 2. The maximum atomic E-state index is 14.1. The van der Waals surface area contributed by atoms with E-state index >= 15 is 0 Å². The second-order valence-electron chi connectivity index (χ2n) is 7.84. The molecule has 0 saturated carbocycles. The molecule has 0 bridgehead atoms. The fourth-order valence-electron chi connectivity index (χ4n) is 3.62. The van der Waals surface area contributed by atoms with Crippen molar-refractivity contribution in [1.82, 2.24) is 9.97 Å². The average Bonchev–Trinajstić information content (AvgIpc) is 2.87. The molecular weight excluding hydrogens is 456 g/mol. The monoisotopic (exact) mass is 483 g/mol. The van der Waals surface area contributed by atoms with Crippen LogP contribution in [0.3, 0.4) is 0 Å². The number of ether oxygens (including phenoxy) is 2. The van der Waals surface area contributed by atoms with Gasteiger partial charge < -0.3 is 14.8 Å². The van der Waals surface area contributed by atoms with Crippen molar-refractivity contribution in [1.29, 1.82) is 0 Å². The second-order valence-corrected chi connectivity index (χ2v) is 7.84. The number of hydrogen-bond acceptors (Lipinski definition) is 7. The van der Waals surface area contributed by atoms with Crippen LogP contribution in [0, 0.1) is 11.6 Å². The third-order valence-corrected chi connectivity index (χ3v) is 5.58. The summed E-state index contributed by atoms with van der Waals surface area (Å²) in [6.45, 7) is 3.72. The van der Waals surface area contributed by atoms with Crippen molar-refractivity contribution in [2.75, 3.05) is 11.9 Å². The lowest BCUT2D eigenvalue weighted by atomic mass is 9.77. The van der Waals surface area contributed by atoms with Gasteiger partial charge in [-0.25, -0.2) is 13.8 Å². The Kier molecular flexibility index (Phi) is 8.83. The van der Waals surface area contributed by atoms with Gasteiger partial charge in [0.2, 0.25) is 0 Å². The summed E-state index contributed by atoms with van der Waals surface area (Å²) in [5.41, 5.74) is -0.315. The van der Waals surface area contributed by atoms with Crippen molar-refractivity contribution in [2.45, 2.75) is 45.1 Å². The van der Waals surface area contributed by atoms with Gasteiger partial charge in [-0.15, -0.1) is 0 Å². The molecule has 1 aromatic heterocycles. The Morgan fingerprint density at radius 3 is 2.51 bits per heavy atom. The summed E-state index contributed by atoms with van der Waals surface area (Å²) >= 11 is 0. The van der Waals surface area contributed by atoms with Gasteiger partial charge in [0.05, 0.1) is 24.2 Å². The summed E-state index contributed by atoms with van der Waals surface area (Å²) in [7, 11) is 0.